The second kappa shape index (κ2) is 5.87. The Kier molecular flexibility index (Phi) is 13.3. The van der Waals surface area contributed by atoms with E-state index in [0.29, 0.717) is 0 Å². The summed E-state index contributed by atoms with van der Waals surface area (Å²) in [6, 6.07) is 0. The topological polar surface area (TPSA) is 74.6 Å². The predicted octanol–water partition coefficient (Wildman–Crippen LogP) is -3.54. The average Bonchev–Trinajstić information content (AvgIpc) is 0.722. The zero-order valence-corrected chi connectivity index (χ0v) is 8.32. The molecule has 0 bridgehead atoms. The minimum absolute atomic E-state index is 0. The van der Waals surface area contributed by atoms with E-state index in [0.717, 1.165) is 0 Å². The molecule has 4 nitrogen and oxygen atoms in total. The van der Waals surface area contributed by atoms with Crippen LogP contribution in [0.4, 0.5) is 0 Å². The van der Waals surface area contributed by atoms with Crippen LogP contribution in [0.2, 0.25) is 0 Å². The fourth-order valence-electron chi connectivity index (χ4n) is 0. The van der Waals surface area contributed by atoms with Crippen molar-refractivity contribution in [3.8, 4) is 0 Å². The van der Waals surface area contributed by atoms with Gasteiger partial charge in [0.1, 0.15) is 0 Å². The van der Waals surface area contributed by atoms with Crippen LogP contribution in [0.3, 0.4) is 0 Å². The van der Waals surface area contributed by atoms with E-state index < -0.39 is 10.4 Å². The van der Waals surface area contributed by atoms with Gasteiger partial charge >= 0.3 is 40.0 Å². The van der Waals surface area contributed by atoms with E-state index in [9.17, 15) is 0 Å². The first kappa shape index (κ1) is 15.9. The van der Waals surface area contributed by atoms with Crippen LogP contribution in [-0.2, 0) is 36.2 Å². The Morgan fingerprint density at radius 1 is 1.29 bits per heavy atom. The third kappa shape index (κ3) is 84.2. The van der Waals surface area contributed by atoms with Crippen LogP contribution in [0.5, 0.6) is 0 Å². The maximum atomic E-state index is 8.74. The Balaban J connectivity index is -0.0000000267. The van der Waals surface area contributed by atoms with Crippen molar-refractivity contribution >= 4 is 10.4 Å². The van der Waals surface area contributed by atoms with Gasteiger partial charge in [-0.3, -0.25) is 9.11 Å². The summed E-state index contributed by atoms with van der Waals surface area (Å²) in [5.41, 5.74) is 0. The molecule has 37 valence electrons. The fraction of sp³-hybridized carbons (Fsp3) is 0. The van der Waals surface area contributed by atoms with Gasteiger partial charge in [0, 0.05) is 25.8 Å². The zero-order chi connectivity index (χ0) is 4.50. The molecule has 7 heteroatoms. The van der Waals surface area contributed by atoms with Crippen LogP contribution in [0, 0.1) is 0 Å². The van der Waals surface area contributed by atoms with Crippen molar-refractivity contribution in [3.05, 3.63) is 0 Å². The summed E-state index contributed by atoms with van der Waals surface area (Å²) in [5.74, 6) is 0. The molecule has 0 aromatic heterocycles. The van der Waals surface area contributed by atoms with Crippen molar-refractivity contribution in [1.82, 2.24) is 0 Å². The fourth-order valence-corrected chi connectivity index (χ4v) is 0. The summed E-state index contributed by atoms with van der Waals surface area (Å²) in [6.45, 7) is 0. The first-order valence-electron chi connectivity index (χ1n) is 0.698. The quantitative estimate of drug-likeness (QED) is 0.289. The number of rotatable bonds is 0. The SMILES string of the molecule is O=S(=O)(O)O.[H-].[Na+].[Sc]. The van der Waals surface area contributed by atoms with Gasteiger partial charge in [-0.25, -0.2) is 0 Å². The molecule has 0 aromatic carbocycles. The molecule has 0 aliphatic carbocycles. The van der Waals surface area contributed by atoms with Gasteiger partial charge in [0.05, 0.1) is 0 Å². The van der Waals surface area contributed by atoms with Crippen LogP contribution in [0.15, 0.2) is 0 Å². The molecule has 0 aromatic rings. The summed E-state index contributed by atoms with van der Waals surface area (Å²) in [7, 11) is -4.67. The summed E-state index contributed by atoms with van der Waals surface area (Å²) in [6.07, 6.45) is 0. The third-order valence-electron chi connectivity index (χ3n) is 0. The molecule has 0 rings (SSSR count). The molecule has 0 spiro atoms. The molecule has 0 atom stereocenters. The molecule has 0 fully saturated rings. The smallest absolute Gasteiger partial charge is 1.00 e. The standard InChI is InChI=1S/Na.H2O4S.Sc.H/c;1-5(2,3)4;;/h;(H2,1,2,3,4);;/q+1;;;-1. The van der Waals surface area contributed by atoms with E-state index in [4.69, 9.17) is 17.5 Å². The monoisotopic (exact) mass is 167 g/mol. The molecule has 0 saturated heterocycles. The predicted molar refractivity (Wildman–Crippen MR) is 15.3 cm³/mol. The van der Waals surface area contributed by atoms with Crippen LogP contribution < -0.4 is 29.6 Å². The van der Waals surface area contributed by atoms with E-state index >= 15 is 0 Å². The van der Waals surface area contributed by atoms with Crippen LogP contribution in [0.25, 0.3) is 0 Å². The van der Waals surface area contributed by atoms with E-state index in [1.54, 1.807) is 0 Å². The molecule has 0 amide bonds. The van der Waals surface area contributed by atoms with E-state index in [1.165, 1.54) is 0 Å². The Labute approximate surface area is 83.8 Å². The van der Waals surface area contributed by atoms with Crippen LogP contribution in [-0.4, -0.2) is 17.5 Å². The van der Waals surface area contributed by atoms with E-state index in [-0.39, 0.29) is 56.8 Å². The minimum Gasteiger partial charge on any atom is -1.00 e. The van der Waals surface area contributed by atoms with Gasteiger partial charge in [-0.1, -0.05) is 0 Å². The second-order valence-corrected chi connectivity index (χ2v) is 1.34. The maximum Gasteiger partial charge on any atom is 1.00 e. The molecule has 0 heterocycles. The normalized spacial score (nSPS) is 8.29. The molecule has 0 aliphatic heterocycles. The van der Waals surface area contributed by atoms with Gasteiger partial charge < -0.3 is 1.43 Å². The summed E-state index contributed by atoms with van der Waals surface area (Å²) in [4.78, 5) is 0. The Hall–Kier alpha value is 1.74. The van der Waals surface area contributed by atoms with Crippen molar-refractivity contribution in [2.75, 3.05) is 0 Å². The molecular weight excluding hydrogens is 164 g/mol. The van der Waals surface area contributed by atoms with Crippen molar-refractivity contribution in [2.45, 2.75) is 0 Å². The minimum atomic E-state index is -4.67. The first-order chi connectivity index (χ1) is 2.00. The molecule has 0 saturated carbocycles. The second-order valence-electron chi connectivity index (χ2n) is 0.448. The van der Waals surface area contributed by atoms with Gasteiger partial charge in [-0.2, -0.15) is 8.42 Å². The van der Waals surface area contributed by atoms with Crippen LogP contribution in [0.1, 0.15) is 1.43 Å². The van der Waals surface area contributed by atoms with Gasteiger partial charge in [-0.15, -0.1) is 0 Å². The maximum absolute atomic E-state index is 8.74. The molecule has 2 N–H and O–H groups in total. The largest absolute Gasteiger partial charge is 1.00 e. The van der Waals surface area contributed by atoms with Crippen molar-refractivity contribution in [3.63, 3.8) is 0 Å². The average molecular weight is 167 g/mol. The zero-order valence-electron chi connectivity index (χ0n) is 4.70. The number of hydrogen-bond donors (Lipinski definition) is 2. The molecular formula is H3NaO4SSc. The van der Waals surface area contributed by atoms with Crippen molar-refractivity contribution in [1.29, 1.82) is 0 Å². The van der Waals surface area contributed by atoms with E-state index in [2.05, 4.69) is 0 Å². The molecule has 1 radical (unpaired) electrons. The third-order valence-corrected chi connectivity index (χ3v) is 0. The summed E-state index contributed by atoms with van der Waals surface area (Å²) < 4.78 is 31.6. The van der Waals surface area contributed by atoms with Gasteiger partial charge in [-0.05, 0) is 0 Å². The number of hydrogen-bond acceptors (Lipinski definition) is 2. The summed E-state index contributed by atoms with van der Waals surface area (Å²) in [5, 5.41) is 0. The Morgan fingerprint density at radius 3 is 1.29 bits per heavy atom. The molecule has 0 unspecified atom stereocenters. The Morgan fingerprint density at radius 2 is 1.29 bits per heavy atom. The van der Waals surface area contributed by atoms with Crippen molar-refractivity contribution < 1.29 is 74.4 Å². The Bertz CT molecular complexity index is 99.2. The van der Waals surface area contributed by atoms with Crippen LogP contribution >= 0.6 is 0 Å². The van der Waals surface area contributed by atoms with E-state index in [1.807, 2.05) is 0 Å². The first-order valence-corrected chi connectivity index (χ1v) is 2.10. The molecule has 7 heavy (non-hydrogen) atoms. The summed E-state index contributed by atoms with van der Waals surface area (Å²) >= 11 is 0. The van der Waals surface area contributed by atoms with Gasteiger partial charge in [0.15, 0.2) is 0 Å². The van der Waals surface area contributed by atoms with Gasteiger partial charge in [0.25, 0.3) is 0 Å². The van der Waals surface area contributed by atoms with Gasteiger partial charge in [0.2, 0.25) is 0 Å². The molecule has 0 aliphatic rings. The van der Waals surface area contributed by atoms with Crippen molar-refractivity contribution in [2.24, 2.45) is 0 Å².